The summed E-state index contributed by atoms with van der Waals surface area (Å²) in [4.78, 5) is 14.9. The highest BCUT2D eigenvalue weighted by Crippen LogP contribution is 2.17. The highest BCUT2D eigenvalue weighted by Gasteiger charge is 2.13. The summed E-state index contributed by atoms with van der Waals surface area (Å²) in [5.74, 6) is -0.0271. The van der Waals surface area contributed by atoms with Gasteiger partial charge in [-0.25, -0.2) is 4.79 Å². The summed E-state index contributed by atoms with van der Waals surface area (Å²) in [6.45, 7) is 4.00. The standard InChI is InChI=1S/C8H10N2O3.C2H6/c1-12-7-5(8(11)13-2)3-4-6(9)10-7;1-2/h3-4H,1-2H3,(H2,9,10);1-2H3. The predicted octanol–water partition coefficient (Wildman–Crippen LogP) is 1.49. The number of carbonyl (C=O) groups excluding carboxylic acids is 1. The number of rotatable bonds is 2. The van der Waals surface area contributed by atoms with Crippen molar-refractivity contribution in [3.05, 3.63) is 17.7 Å². The fourth-order valence-electron chi connectivity index (χ4n) is 0.876. The quantitative estimate of drug-likeness (QED) is 0.751. The Labute approximate surface area is 89.2 Å². The summed E-state index contributed by atoms with van der Waals surface area (Å²) < 4.78 is 9.38. The van der Waals surface area contributed by atoms with E-state index < -0.39 is 5.97 Å². The summed E-state index contributed by atoms with van der Waals surface area (Å²) >= 11 is 0. The van der Waals surface area contributed by atoms with Crippen molar-refractivity contribution in [3.8, 4) is 5.88 Å². The molecule has 0 saturated heterocycles. The van der Waals surface area contributed by atoms with Crippen LogP contribution >= 0.6 is 0 Å². The highest BCUT2D eigenvalue weighted by atomic mass is 16.5. The maximum absolute atomic E-state index is 11.1. The smallest absolute Gasteiger partial charge is 0.343 e. The molecule has 1 heterocycles. The molecule has 0 amide bonds. The molecule has 5 heteroatoms. The molecular formula is C10H16N2O3. The van der Waals surface area contributed by atoms with Crippen molar-refractivity contribution in [3.63, 3.8) is 0 Å². The molecule has 0 aromatic carbocycles. The molecule has 0 aliphatic heterocycles. The number of aromatic nitrogens is 1. The molecule has 5 nitrogen and oxygen atoms in total. The normalized spacial score (nSPS) is 8.53. The molecule has 0 aliphatic rings. The fourth-order valence-corrected chi connectivity index (χ4v) is 0.876. The van der Waals surface area contributed by atoms with E-state index in [4.69, 9.17) is 10.5 Å². The summed E-state index contributed by atoms with van der Waals surface area (Å²) in [6.07, 6.45) is 0. The van der Waals surface area contributed by atoms with Gasteiger partial charge in [-0.3, -0.25) is 0 Å². The number of methoxy groups -OCH3 is 2. The van der Waals surface area contributed by atoms with Crippen molar-refractivity contribution in [1.29, 1.82) is 0 Å². The van der Waals surface area contributed by atoms with E-state index in [0.717, 1.165) is 0 Å². The van der Waals surface area contributed by atoms with Gasteiger partial charge in [-0.1, -0.05) is 13.8 Å². The van der Waals surface area contributed by atoms with Gasteiger partial charge < -0.3 is 15.2 Å². The lowest BCUT2D eigenvalue weighted by Crippen LogP contribution is -2.06. The number of carbonyl (C=O) groups is 1. The van der Waals surface area contributed by atoms with Crippen LogP contribution in [0.1, 0.15) is 24.2 Å². The van der Waals surface area contributed by atoms with Crippen molar-refractivity contribution >= 4 is 11.8 Å². The number of ether oxygens (including phenoxy) is 2. The van der Waals surface area contributed by atoms with Crippen LogP contribution in [0.4, 0.5) is 5.82 Å². The first-order valence-electron chi connectivity index (χ1n) is 4.58. The van der Waals surface area contributed by atoms with E-state index in [1.807, 2.05) is 13.8 Å². The van der Waals surface area contributed by atoms with Gasteiger partial charge >= 0.3 is 5.97 Å². The van der Waals surface area contributed by atoms with Gasteiger partial charge in [0.25, 0.3) is 0 Å². The van der Waals surface area contributed by atoms with E-state index >= 15 is 0 Å². The molecule has 0 unspecified atom stereocenters. The van der Waals surface area contributed by atoms with E-state index in [2.05, 4.69) is 9.72 Å². The van der Waals surface area contributed by atoms with Gasteiger partial charge in [-0.15, -0.1) is 0 Å². The number of anilines is 1. The van der Waals surface area contributed by atoms with E-state index in [1.54, 1.807) is 0 Å². The average molecular weight is 212 g/mol. The van der Waals surface area contributed by atoms with Crippen LogP contribution in [0.2, 0.25) is 0 Å². The van der Waals surface area contributed by atoms with E-state index in [9.17, 15) is 4.79 Å². The first-order valence-corrected chi connectivity index (χ1v) is 4.58. The number of pyridine rings is 1. The molecule has 0 atom stereocenters. The minimum absolute atomic E-state index is 0.173. The van der Waals surface area contributed by atoms with Gasteiger partial charge in [0.2, 0.25) is 5.88 Å². The average Bonchev–Trinajstić information content (AvgIpc) is 2.30. The van der Waals surface area contributed by atoms with Crippen LogP contribution in [0.25, 0.3) is 0 Å². The molecule has 84 valence electrons. The van der Waals surface area contributed by atoms with Crippen LogP contribution < -0.4 is 10.5 Å². The van der Waals surface area contributed by atoms with Gasteiger partial charge in [0, 0.05) is 0 Å². The van der Waals surface area contributed by atoms with Crippen molar-refractivity contribution < 1.29 is 14.3 Å². The number of nitrogens with two attached hydrogens (primary N) is 1. The lowest BCUT2D eigenvalue weighted by atomic mass is 10.2. The molecule has 1 rings (SSSR count). The van der Waals surface area contributed by atoms with Gasteiger partial charge in [-0.05, 0) is 12.1 Å². The summed E-state index contributed by atoms with van der Waals surface area (Å²) in [6, 6.07) is 3.02. The molecular weight excluding hydrogens is 196 g/mol. The molecule has 0 radical (unpaired) electrons. The maximum Gasteiger partial charge on any atom is 0.343 e. The molecule has 0 fully saturated rings. The number of esters is 1. The van der Waals surface area contributed by atoms with Crippen LogP contribution in [0, 0.1) is 0 Å². The zero-order valence-corrected chi connectivity index (χ0v) is 9.40. The van der Waals surface area contributed by atoms with Crippen molar-refractivity contribution in [1.82, 2.24) is 4.98 Å². The third-order valence-electron chi connectivity index (χ3n) is 1.48. The monoisotopic (exact) mass is 212 g/mol. The second kappa shape index (κ2) is 6.64. The molecule has 1 aromatic rings. The van der Waals surface area contributed by atoms with E-state index in [0.29, 0.717) is 5.82 Å². The van der Waals surface area contributed by atoms with Gasteiger partial charge in [0.05, 0.1) is 14.2 Å². The Morgan fingerprint density at radius 3 is 2.40 bits per heavy atom. The van der Waals surface area contributed by atoms with Gasteiger partial charge in [0.1, 0.15) is 11.4 Å². The number of hydrogen-bond acceptors (Lipinski definition) is 5. The van der Waals surface area contributed by atoms with Crippen LogP contribution in [0.15, 0.2) is 12.1 Å². The number of nitrogens with zero attached hydrogens (tertiary/aromatic N) is 1. The number of nitrogen functional groups attached to an aromatic ring is 1. The Morgan fingerprint density at radius 1 is 1.33 bits per heavy atom. The molecule has 15 heavy (non-hydrogen) atoms. The van der Waals surface area contributed by atoms with Crippen LogP contribution in [0.3, 0.4) is 0 Å². The first kappa shape index (κ1) is 13.2. The van der Waals surface area contributed by atoms with Gasteiger partial charge in [-0.2, -0.15) is 4.98 Å². The zero-order valence-electron chi connectivity index (χ0n) is 9.40. The molecule has 2 N–H and O–H groups in total. The van der Waals surface area contributed by atoms with Crippen LogP contribution in [-0.4, -0.2) is 25.2 Å². The van der Waals surface area contributed by atoms with Crippen molar-refractivity contribution in [2.24, 2.45) is 0 Å². The topological polar surface area (TPSA) is 74.4 Å². The Balaban J connectivity index is 0.000000921. The van der Waals surface area contributed by atoms with E-state index in [-0.39, 0.29) is 11.4 Å². The predicted molar refractivity (Wildman–Crippen MR) is 57.9 cm³/mol. The lowest BCUT2D eigenvalue weighted by Gasteiger charge is -2.05. The third-order valence-corrected chi connectivity index (χ3v) is 1.48. The Hall–Kier alpha value is -1.78. The van der Waals surface area contributed by atoms with Gasteiger partial charge in [0.15, 0.2) is 0 Å². The second-order valence-corrected chi connectivity index (χ2v) is 2.28. The van der Waals surface area contributed by atoms with E-state index in [1.165, 1.54) is 26.4 Å². The van der Waals surface area contributed by atoms with Crippen molar-refractivity contribution in [2.75, 3.05) is 20.0 Å². The Morgan fingerprint density at radius 2 is 1.93 bits per heavy atom. The first-order chi connectivity index (χ1) is 7.19. The SMILES string of the molecule is CC.COC(=O)c1ccc(N)nc1OC. The molecule has 0 spiro atoms. The summed E-state index contributed by atoms with van der Waals surface area (Å²) in [5, 5.41) is 0. The summed E-state index contributed by atoms with van der Waals surface area (Å²) in [5.41, 5.74) is 5.66. The van der Waals surface area contributed by atoms with Crippen LogP contribution in [-0.2, 0) is 4.74 Å². The largest absolute Gasteiger partial charge is 0.480 e. The minimum atomic E-state index is -0.496. The fraction of sp³-hybridized carbons (Fsp3) is 0.400. The van der Waals surface area contributed by atoms with Crippen molar-refractivity contribution in [2.45, 2.75) is 13.8 Å². The molecule has 0 aliphatic carbocycles. The minimum Gasteiger partial charge on any atom is -0.480 e. The Kier molecular flexibility index (Phi) is 5.85. The third kappa shape index (κ3) is 3.46. The zero-order chi connectivity index (χ0) is 11.8. The maximum atomic E-state index is 11.1. The van der Waals surface area contributed by atoms with Crippen LogP contribution in [0.5, 0.6) is 5.88 Å². The molecule has 0 bridgehead atoms. The lowest BCUT2D eigenvalue weighted by molar-refractivity contribution is 0.0596. The summed E-state index contributed by atoms with van der Waals surface area (Å²) in [7, 11) is 2.70. The number of hydrogen-bond donors (Lipinski definition) is 1. The Bertz CT molecular complexity index is 326. The molecule has 0 saturated carbocycles. The highest BCUT2D eigenvalue weighted by molar-refractivity contribution is 5.92. The molecule has 1 aromatic heterocycles. The second-order valence-electron chi connectivity index (χ2n) is 2.28.